The Bertz CT molecular complexity index is 361. The molecule has 1 N–H and O–H groups in total. The van der Waals surface area contributed by atoms with Crippen LogP contribution in [-0.4, -0.2) is 11.1 Å². The second-order valence-corrected chi connectivity index (χ2v) is 5.12. The summed E-state index contributed by atoms with van der Waals surface area (Å²) < 4.78 is 0. The van der Waals surface area contributed by atoms with Crippen molar-refractivity contribution in [3.05, 3.63) is 23.3 Å². The first-order chi connectivity index (χ1) is 7.24. The molecule has 2 fully saturated rings. The Morgan fingerprint density at radius 1 is 1.40 bits per heavy atom. The van der Waals surface area contributed by atoms with Crippen LogP contribution >= 0.6 is 0 Å². The van der Waals surface area contributed by atoms with Gasteiger partial charge < -0.3 is 5.11 Å². The molecule has 0 aromatic rings. The number of fused-ring (bicyclic) bond motifs is 1. The van der Waals surface area contributed by atoms with Crippen LogP contribution in [0.1, 0.15) is 32.1 Å². The molecule has 80 valence electrons. The van der Waals surface area contributed by atoms with E-state index in [-0.39, 0.29) is 0 Å². The first-order valence-electron chi connectivity index (χ1n) is 5.88. The van der Waals surface area contributed by atoms with Crippen LogP contribution in [0, 0.1) is 17.8 Å². The second-order valence-electron chi connectivity index (χ2n) is 5.12. The van der Waals surface area contributed by atoms with Gasteiger partial charge >= 0.3 is 5.97 Å². The molecule has 15 heavy (non-hydrogen) atoms. The first kappa shape index (κ1) is 9.20. The fourth-order valence-electron chi connectivity index (χ4n) is 3.15. The van der Waals surface area contributed by atoms with E-state index >= 15 is 0 Å². The number of carboxylic acids is 1. The van der Waals surface area contributed by atoms with Gasteiger partial charge in [0.15, 0.2) is 0 Å². The van der Waals surface area contributed by atoms with Crippen molar-refractivity contribution in [1.29, 1.82) is 0 Å². The molecule has 0 heterocycles. The SMILES string of the molecule is O=C(O)C=C1C[C@H]2CC(C3CCC3)=C[C@H]12. The normalized spacial score (nSPS) is 36.8. The van der Waals surface area contributed by atoms with Gasteiger partial charge in [0.25, 0.3) is 0 Å². The van der Waals surface area contributed by atoms with Gasteiger partial charge in [0.05, 0.1) is 0 Å². The quantitative estimate of drug-likeness (QED) is 0.554. The van der Waals surface area contributed by atoms with Crippen molar-refractivity contribution in [2.75, 3.05) is 0 Å². The Balaban J connectivity index is 1.73. The molecule has 0 aliphatic heterocycles. The van der Waals surface area contributed by atoms with E-state index in [1.54, 1.807) is 5.57 Å². The molecule has 0 unspecified atom stereocenters. The predicted octanol–water partition coefficient (Wildman–Crippen LogP) is 2.76. The summed E-state index contributed by atoms with van der Waals surface area (Å²) >= 11 is 0. The maximum Gasteiger partial charge on any atom is 0.328 e. The standard InChI is InChI=1S/C13H16O2/c14-13(15)7-11-5-10-4-9(6-12(10)11)8-2-1-3-8/h6-8,10,12H,1-5H2,(H,14,15)/t10-,12+/m1/s1. The van der Waals surface area contributed by atoms with Gasteiger partial charge in [-0.25, -0.2) is 4.79 Å². The molecule has 2 atom stereocenters. The summed E-state index contributed by atoms with van der Waals surface area (Å²) in [5.74, 6) is 1.29. The highest BCUT2D eigenvalue weighted by Gasteiger charge is 2.41. The number of allylic oxidation sites excluding steroid dienone is 3. The largest absolute Gasteiger partial charge is 0.478 e. The highest BCUT2D eigenvalue weighted by molar-refractivity contribution is 5.81. The second kappa shape index (κ2) is 3.22. The van der Waals surface area contributed by atoms with Crippen LogP contribution in [0.4, 0.5) is 0 Å². The van der Waals surface area contributed by atoms with Gasteiger partial charge in [-0.2, -0.15) is 0 Å². The number of rotatable bonds is 2. The lowest BCUT2D eigenvalue weighted by Gasteiger charge is -2.33. The van der Waals surface area contributed by atoms with Gasteiger partial charge in [-0.3, -0.25) is 0 Å². The van der Waals surface area contributed by atoms with Crippen molar-refractivity contribution in [2.45, 2.75) is 32.1 Å². The zero-order chi connectivity index (χ0) is 10.4. The molecule has 0 aromatic carbocycles. The Morgan fingerprint density at radius 2 is 2.20 bits per heavy atom. The number of aliphatic carboxylic acids is 1. The zero-order valence-electron chi connectivity index (χ0n) is 8.78. The molecule has 0 saturated heterocycles. The van der Waals surface area contributed by atoms with Crippen LogP contribution < -0.4 is 0 Å². The van der Waals surface area contributed by atoms with E-state index in [4.69, 9.17) is 5.11 Å². The fourth-order valence-corrected chi connectivity index (χ4v) is 3.15. The average molecular weight is 204 g/mol. The van der Waals surface area contributed by atoms with E-state index < -0.39 is 5.97 Å². The fraction of sp³-hybridized carbons (Fsp3) is 0.615. The molecule has 0 bridgehead atoms. The summed E-state index contributed by atoms with van der Waals surface area (Å²) in [6.07, 6.45) is 10.2. The van der Waals surface area contributed by atoms with Gasteiger partial charge in [-0.05, 0) is 37.5 Å². The molecular weight excluding hydrogens is 188 g/mol. The number of carboxylic acid groups (broad SMARTS) is 1. The van der Waals surface area contributed by atoms with E-state index in [0.29, 0.717) is 5.92 Å². The molecule has 2 heteroatoms. The maximum atomic E-state index is 10.6. The van der Waals surface area contributed by atoms with Crippen molar-refractivity contribution in [3.8, 4) is 0 Å². The van der Waals surface area contributed by atoms with Gasteiger partial charge in [-0.1, -0.05) is 23.6 Å². The van der Waals surface area contributed by atoms with Crippen LogP contribution in [-0.2, 0) is 4.79 Å². The summed E-state index contributed by atoms with van der Waals surface area (Å²) in [4.78, 5) is 10.6. The molecule has 0 amide bonds. The molecule has 0 radical (unpaired) electrons. The molecule has 3 rings (SSSR count). The summed E-state index contributed by atoms with van der Waals surface area (Å²) in [6.45, 7) is 0. The van der Waals surface area contributed by atoms with Crippen LogP contribution in [0.5, 0.6) is 0 Å². The van der Waals surface area contributed by atoms with Gasteiger partial charge in [-0.15, -0.1) is 0 Å². The van der Waals surface area contributed by atoms with Crippen molar-refractivity contribution in [2.24, 2.45) is 17.8 Å². The highest BCUT2D eigenvalue weighted by atomic mass is 16.4. The topological polar surface area (TPSA) is 37.3 Å². The predicted molar refractivity (Wildman–Crippen MR) is 57.4 cm³/mol. The zero-order valence-corrected chi connectivity index (χ0v) is 8.78. The van der Waals surface area contributed by atoms with E-state index in [1.165, 1.54) is 31.8 Å². The lowest BCUT2D eigenvalue weighted by Crippen LogP contribution is -2.24. The van der Waals surface area contributed by atoms with Crippen LogP contribution in [0.3, 0.4) is 0 Å². The van der Waals surface area contributed by atoms with Crippen molar-refractivity contribution in [3.63, 3.8) is 0 Å². The van der Waals surface area contributed by atoms with Crippen molar-refractivity contribution in [1.82, 2.24) is 0 Å². The minimum Gasteiger partial charge on any atom is -0.478 e. The van der Waals surface area contributed by atoms with Crippen molar-refractivity contribution < 1.29 is 9.90 Å². The lowest BCUT2D eigenvalue weighted by atomic mass is 9.70. The minimum absolute atomic E-state index is 0.483. The van der Waals surface area contributed by atoms with Gasteiger partial charge in [0.2, 0.25) is 0 Å². The molecule has 0 aromatic heterocycles. The Labute approximate surface area is 89.7 Å². The average Bonchev–Trinajstić information content (AvgIpc) is 2.37. The Kier molecular flexibility index (Phi) is 1.98. The Morgan fingerprint density at radius 3 is 2.80 bits per heavy atom. The third-order valence-electron chi connectivity index (χ3n) is 4.26. The minimum atomic E-state index is -0.783. The van der Waals surface area contributed by atoms with Crippen LogP contribution in [0.15, 0.2) is 23.3 Å². The lowest BCUT2D eigenvalue weighted by molar-refractivity contribution is -0.131. The van der Waals surface area contributed by atoms with E-state index in [2.05, 4.69) is 6.08 Å². The van der Waals surface area contributed by atoms with Gasteiger partial charge in [0, 0.05) is 12.0 Å². The molecule has 2 saturated carbocycles. The molecular formula is C13H16O2. The van der Waals surface area contributed by atoms with Crippen LogP contribution in [0.2, 0.25) is 0 Å². The number of hydrogen-bond donors (Lipinski definition) is 1. The van der Waals surface area contributed by atoms with Gasteiger partial charge in [0.1, 0.15) is 0 Å². The molecule has 3 aliphatic rings. The first-order valence-corrected chi connectivity index (χ1v) is 5.88. The molecule has 3 aliphatic carbocycles. The van der Waals surface area contributed by atoms with Crippen LogP contribution in [0.25, 0.3) is 0 Å². The maximum absolute atomic E-state index is 10.6. The summed E-state index contributed by atoms with van der Waals surface area (Å²) in [5.41, 5.74) is 2.77. The molecule has 2 nitrogen and oxygen atoms in total. The Hall–Kier alpha value is -1.05. The smallest absolute Gasteiger partial charge is 0.328 e. The van der Waals surface area contributed by atoms with E-state index in [9.17, 15) is 4.79 Å². The third kappa shape index (κ3) is 1.43. The number of hydrogen-bond acceptors (Lipinski definition) is 1. The van der Waals surface area contributed by atoms with Crippen molar-refractivity contribution >= 4 is 5.97 Å². The highest BCUT2D eigenvalue weighted by Crippen LogP contribution is 2.53. The monoisotopic (exact) mass is 204 g/mol. The van der Waals surface area contributed by atoms with E-state index in [0.717, 1.165) is 23.8 Å². The summed E-state index contributed by atoms with van der Waals surface area (Å²) in [6, 6.07) is 0. The van der Waals surface area contributed by atoms with E-state index in [1.807, 2.05) is 0 Å². The number of carbonyl (C=O) groups is 1. The third-order valence-corrected chi connectivity index (χ3v) is 4.26. The summed E-state index contributed by atoms with van der Waals surface area (Å²) in [5, 5.41) is 8.70. The molecule has 0 spiro atoms. The summed E-state index contributed by atoms with van der Waals surface area (Å²) in [7, 11) is 0.